The molecule has 7 nitrogen and oxygen atoms in total. The summed E-state index contributed by atoms with van der Waals surface area (Å²) in [6, 6.07) is 6.08. The molecule has 0 aliphatic carbocycles. The molecule has 0 radical (unpaired) electrons. The van der Waals surface area contributed by atoms with Crippen molar-refractivity contribution in [2.24, 2.45) is 11.8 Å². The molecule has 2 aliphatic heterocycles. The van der Waals surface area contributed by atoms with Crippen LogP contribution in [0.2, 0.25) is 0 Å². The first-order chi connectivity index (χ1) is 15.5. The minimum absolute atomic E-state index is 0.499. The maximum atomic E-state index is 5.62. The van der Waals surface area contributed by atoms with Crippen molar-refractivity contribution in [1.82, 2.24) is 15.3 Å². The molecule has 174 valence electrons. The van der Waals surface area contributed by atoms with Crippen molar-refractivity contribution < 1.29 is 4.42 Å². The van der Waals surface area contributed by atoms with Gasteiger partial charge in [-0.05, 0) is 62.4 Å². The second-order valence-corrected chi connectivity index (χ2v) is 9.89. The number of thiocarbonyl (C=S) groups is 1. The number of piperidine rings is 1. The summed E-state index contributed by atoms with van der Waals surface area (Å²) in [5, 5.41) is 6.92. The van der Waals surface area contributed by atoms with E-state index >= 15 is 0 Å². The van der Waals surface area contributed by atoms with Gasteiger partial charge in [-0.1, -0.05) is 26.7 Å². The number of furan rings is 1. The van der Waals surface area contributed by atoms with Gasteiger partial charge in [-0.3, -0.25) is 0 Å². The SMILES string of the molecule is Cc1ccc(CNC(=S)Nc2nc(N3CCCCCC3)cc(N3C[C@@H](C)C[C@H](C)C3)n2)o1. The van der Waals surface area contributed by atoms with E-state index in [9.17, 15) is 0 Å². The van der Waals surface area contributed by atoms with E-state index in [1.807, 2.05) is 19.1 Å². The Morgan fingerprint density at radius 2 is 1.69 bits per heavy atom. The Kier molecular flexibility index (Phi) is 7.50. The Labute approximate surface area is 197 Å². The third-order valence-corrected chi connectivity index (χ3v) is 6.51. The fourth-order valence-electron chi connectivity index (χ4n) is 4.84. The second kappa shape index (κ2) is 10.5. The summed E-state index contributed by atoms with van der Waals surface area (Å²) in [4.78, 5) is 14.5. The highest BCUT2D eigenvalue weighted by Crippen LogP contribution is 2.29. The molecule has 0 amide bonds. The molecule has 2 N–H and O–H groups in total. The van der Waals surface area contributed by atoms with E-state index in [0.29, 0.717) is 29.4 Å². The molecule has 8 heteroatoms. The molecule has 0 saturated carbocycles. The molecule has 2 fully saturated rings. The lowest BCUT2D eigenvalue weighted by molar-refractivity contribution is 0.355. The number of nitrogens with zero attached hydrogens (tertiary/aromatic N) is 4. The topological polar surface area (TPSA) is 69.5 Å². The molecule has 2 aliphatic rings. The van der Waals surface area contributed by atoms with Gasteiger partial charge in [0, 0.05) is 32.2 Å². The minimum atomic E-state index is 0.499. The number of hydrogen-bond donors (Lipinski definition) is 2. The van der Waals surface area contributed by atoms with Crippen molar-refractivity contribution in [2.45, 2.75) is 59.4 Å². The van der Waals surface area contributed by atoms with Crippen molar-refractivity contribution in [3.05, 3.63) is 29.7 Å². The van der Waals surface area contributed by atoms with Gasteiger partial charge < -0.3 is 24.9 Å². The summed E-state index contributed by atoms with van der Waals surface area (Å²) in [5.74, 6) is 5.60. The van der Waals surface area contributed by atoms with Crippen LogP contribution in [-0.2, 0) is 6.54 Å². The highest BCUT2D eigenvalue weighted by Gasteiger charge is 2.24. The molecule has 0 unspecified atom stereocenters. The molecular formula is C24H36N6OS. The van der Waals surface area contributed by atoms with Gasteiger partial charge >= 0.3 is 0 Å². The van der Waals surface area contributed by atoms with Gasteiger partial charge in [0.15, 0.2) is 5.11 Å². The zero-order valence-electron chi connectivity index (χ0n) is 19.6. The fourth-order valence-corrected chi connectivity index (χ4v) is 5.01. The van der Waals surface area contributed by atoms with Crippen LogP contribution in [0.25, 0.3) is 0 Å². The molecule has 4 rings (SSSR count). The van der Waals surface area contributed by atoms with E-state index in [4.69, 9.17) is 26.6 Å². The van der Waals surface area contributed by atoms with Gasteiger partial charge in [0.1, 0.15) is 23.2 Å². The van der Waals surface area contributed by atoms with Crippen molar-refractivity contribution in [3.8, 4) is 0 Å². The fraction of sp³-hybridized carbons (Fsp3) is 0.625. The van der Waals surface area contributed by atoms with Gasteiger partial charge in [0.05, 0.1) is 6.54 Å². The zero-order valence-corrected chi connectivity index (χ0v) is 20.4. The van der Waals surface area contributed by atoms with E-state index in [0.717, 1.165) is 49.3 Å². The number of nitrogens with one attached hydrogen (secondary N) is 2. The average molecular weight is 457 g/mol. The molecule has 4 heterocycles. The molecular weight excluding hydrogens is 420 g/mol. The highest BCUT2D eigenvalue weighted by atomic mass is 32.1. The summed E-state index contributed by atoms with van der Waals surface area (Å²) in [5.41, 5.74) is 0. The van der Waals surface area contributed by atoms with Crippen molar-refractivity contribution in [3.63, 3.8) is 0 Å². The number of aromatic nitrogens is 2. The van der Waals surface area contributed by atoms with Crippen LogP contribution in [0.15, 0.2) is 22.6 Å². The third kappa shape index (κ3) is 6.12. The molecule has 2 aromatic heterocycles. The first-order valence-electron chi connectivity index (χ1n) is 12.0. The Balaban J connectivity index is 1.52. The predicted molar refractivity (Wildman–Crippen MR) is 134 cm³/mol. The normalized spacial score (nSPS) is 21.8. The molecule has 2 saturated heterocycles. The van der Waals surface area contributed by atoms with Crippen LogP contribution in [-0.4, -0.2) is 41.3 Å². The standard InChI is InChI=1S/C24H36N6OS/c1-17-12-18(2)16-30(15-17)22-13-21(29-10-6-4-5-7-11-29)26-23(27-22)28-24(32)25-14-20-9-8-19(3)31-20/h8-9,13,17-18H,4-7,10-12,14-16H2,1-3H3,(H2,25,26,27,28,32)/t17-,18-/m0/s1. The first-order valence-corrected chi connectivity index (χ1v) is 12.4. The molecule has 0 bridgehead atoms. The Morgan fingerprint density at radius 1 is 1.03 bits per heavy atom. The lowest BCUT2D eigenvalue weighted by atomic mass is 9.92. The summed E-state index contributed by atoms with van der Waals surface area (Å²) in [6.45, 7) is 11.3. The highest BCUT2D eigenvalue weighted by molar-refractivity contribution is 7.80. The van der Waals surface area contributed by atoms with Gasteiger partial charge in [-0.2, -0.15) is 9.97 Å². The summed E-state index contributed by atoms with van der Waals surface area (Å²) < 4.78 is 5.62. The monoisotopic (exact) mass is 456 g/mol. The van der Waals surface area contributed by atoms with E-state index < -0.39 is 0 Å². The average Bonchev–Trinajstić information content (AvgIpc) is 2.99. The second-order valence-electron chi connectivity index (χ2n) is 9.48. The van der Waals surface area contributed by atoms with Gasteiger partial charge in [0.25, 0.3) is 0 Å². The van der Waals surface area contributed by atoms with E-state index in [-0.39, 0.29) is 0 Å². The molecule has 2 aromatic rings. The number of hydrogen-bond acceptors (Lipinski definition) is 6. The minimum Gasteiger partial charge on any atom is -0.465 e. The number of rotatable bonds is 5. The van der Waals surface area contributed by atoms with E-state index in [1.165, 1.54) is 32.1 Å². The Morgan fingerprint density at radius 3 is 2.31 bits per heavy atom. The quantitative estimate of drug-likeness (QED) is 0.626. The predicted octanol–water partition coefficient (Wildman–Crippen LogP) is 4.73. The Hall–Kier alpha value is -2.35. The molecule has 0 spiro atoms. The van der Waals surface area contributed by atoms with Crippen molar-refractivity contribution in [2.75, 3.05) is 41.3 Å². The summed E-state index contributed by atoms with van der Waals surface area (Å²) in [6.07, 6.45) is 6.28. The summed E-state index contributed by atoms with van der Waals surface area (Å²) in [7, 11) is 0. The van der Waals surface area contributed by atoms with Crippen LogP contribution >= 0.6 is 12.2 Å². The van der Waals surface area contributed by atoms with E-state index in [2.05, 4.69) is 40.3 Å². The largest absolute Gasteiger partial charge is 0.465 e. The van der Waals surface area contributed by atoms with Gasteiger partial charge in [-0.25, -0.2) is 0 Å². The van der Waals surface area contributed by atoms with Crippen LogP contribution in [0.3, 0.4) is 0 Å². The number of anilines is 3. The van der Waals surface area contributed by atoms with Crippen LogP contribution in [0, 0.1) is 18.8 Å². The maximum Gasteiger partial charge on any atom is 0.232 e. The smallest absolute Gasteiger partial charge is 0.232 e. The lowest BCUT2D eigenvalue weighted by Gasteiger charge is -2.36. The lowest BCUT2D eigenvalue weighted by Crippen LogP contribution is -2.39. The van der Waals surface area contributed by atoms with Crippen molar-refractivity contribution in [1.29, 1.82) is 0 Å². The maximum absolute atomic E-state index is 5.62. The number of aryl methyl sites for hydroxylation is 1. The zero-order chi connectivity index (χ0) is 22.5. The van der Waals surface area contributed by atoms with Crippen LogP contribution in [0.1, 0.15) is 57.5 Å². The van der Waals surface area contributed by atoms with Gasteiger partial charge in [0.2, 0.25) is 5.95 Å². The summed E-state index contributed by atoms with van der Waals surface area (Å²) >= 11 is 5.53. The van der Waals surface area contributed by atoms with Crippen molar-refractivity contribution >= 4 is 34.9 Å². The first kappa shape index (κ1) is 22.8. The molecule has 2 atom stereocenters. The van der Waals surface area contributed by atoms with Crippen LogP contribution < -0.4 is 20.4 Å². The van der Waals surface area contributed by atoms with E-state index in [1.54, 1.807) is 0 Å². The van der Waals surface area contributed by atoms with Crippen LogP contribution in [0.5, 0.6) is 0 Å². The van der Waals surface area contributed by atoms with Crippen LogP contribution in [0.4, 0.5) is 17.6 Å². The molecule has 32 heavy (non-hydrogen) atoms. The Bertz CT molecular complexity index is 898. The van der Waals surface area contributed by atoms with Gasteiger partial charge in [-0.15, -0.1) is 0 Å². The third-order valence-electron chi connectivity index (χ3n) is 6.27. The molecule has 0 aromatic carbocycles.